The van der Waals surface area contributed by atoms with Crippen LogP contribution in [0.3, 0.4) is 0 Å². The number of hydrogen-bond donors (Lipinski definition) is 0. The van der Waals surface area contributed by atoms with Crippen LogP contribution in [0.15, 0.2) is 89.3 Å². The van der Waals surface area contributed by atoms with Gasteiger partial charge in [0.1, 0.15) is 22.7 Å². The van der Waals surface area contributed by atoms with Crippen molar-refractivity contribution in [1.29, 1.82) is 0 Å². The highest BCUT2D eigenvalue weighted by Crippen LogP contribution is 2.31. The third kappa shape index (κ3) is 3.69. The van der Waals surface area contributed by atoms with E-state index < -0.39 is 0 Å². The van der Waals surface area contributed by atoms with E-state index in [4.69, 9.17) is 9.15 Å². The molecule has 5 aromatic rings. The summed E-state index contributed by atoms with van der Waals surface area (Å²) in [7, 11) is 0. The molecule has 5 rings (SSSR count). The third-order valence-electron chi connectivity index (χ3n) is 5.59. The zero-order valence-corrected chi connectivity index (χ0v) is 17.3. The monoisotopic (exact) mass is 392 g/mol. The molecule has 2 heteroatoms. The van der Waals surface area contributed by atoms with Crippen molar-refractivity contribution in [3.63, 3.8) is 0 Å². The molecule has 0 N–H and O–H groups in total. The molecule has 1 aromatic heterocycles. The van der Waals surface area contributed by atoms with Crippen LogP contribution in [0.4, 0.5) is 0 Å². The Labute approximate surface area is 176 Å². The van der Waals surface area contributed by atoms with E-state index in [0.717, 1.165) is 35.5 Å². The van der Waals surface area contributed by atoms with Gasteiger partial charge in [-0.1, -0.05) is 48.9 Å². The van der Waals surface area contributed by atoms with Crippen LogP contribution in [-0.4, -0.2) is 0 Å². The van der Waals surface area contributed by atoms with Gasteiger partial charge in [-0.05, 0) is 85.0 Å². The van der Waals surface area contributed by atoms with Gasteiger partial charge < -0.3 is 9.15 Å². The molecule has 1 heterocycles. The Morgan fingerprint density at radius 2 is 1.17 bits per heavy atom. The first kappa shape index (κ1) is 18.5. The molecular formula is C28H24O2. The zero-order chi connectivity index (χ0) is 20.5. The van der Waals surface area contributed by atoms with Gasteiger partial charge in [-0.15, -0.1) is 0 Å². The van der Waals surface area contributed by atoms with Crippen LogP contribution < -0.4 is 4.74 Å². The molecule has 0 bridgehead atoms. The second kappa shape index (κ2) is 7.72. The maximum atomic E-state index is 6.02. The Morgan fingerprint density at radius 1 is 0.633 bits per heavy atom. The summed E-state index contributed by atoms with van der Waals surface area (Å²) < 4.78 is 12.0. The first-order valence-corrected chi connectivity index (χ1v) is 10.5. The number of fused-ring (bicyclic) bond motifs is 3. The topological polar surface area (TPSA) is 22.4 Å². The number of aryl methyl sites for hydroxylation is 2. The van der Waals surface area contributed by atoms with E-state index in [0.29, 0.717) is 0 Å². The molecule has 0 aliphatic carbocycles. The summed E-state index contributed by atoms with van der Waals surface area (Å²) in [5.41, 5.74) is 7.00. The van der Waals surface area contributed by atoms with Crippen LogP contribution in [-0.2, 0) is 12.8 Å². The summed E-state index contributed by atoms with van der Waals surface area (Å²) in [4.78, 5) is 0. The maximum absolute atomic E-state index is 6.02. The Balaban J connectivity index is 1.38. The van der Waals surface area contributed by atoms with Crippen LogP contribution in [0.5, 0.6) is 11.5 Å². The van der Waals surface area contributed by atoms with E-state index in [9.17, 15) is 0 Å². The van der Waals surface area contributed by atoms with Crippen molar-refractivity contribution in [3.8, 4) is 11.5 Å². The highest BCUT2D eigenvalue weighted by molar-refractivity contribution is 6.05. The lowest BCUT2D eigenvalue weighted by atomic mass is 10.0. The highest BCUT2D eigenvalue weighted by Gasteiger charge is 2.09. The summed E-state index contributed by atoms with van der Waals surface area (Å²) in [6.07, 6.45) is 1.90. The average Bonchev–Trinajstić information content (AvgIpc) is 3.14. The zero-order valence-electron chi connectivity index (χ0n) is 17.3. The summed E-state index contributed by atoms with van der Waals surface area (Å²) >= 11 is 0. The Morgan fingerprint density at radius 3 is 1.80 bits per heavy atom. The van der Waals surface area contributed by atoms with Crippen molar-refractivity contribution >= 4 is 21.9 Å². The summed E-state index contributed by atoms with van der Waals surface area (Å²) in [5, 5.41) is 2.39. The van der Waals surface area contributed by atoms with Gasteiger partial charge in [0.2, 0.25) is 0 Å². The molecule has 0 saturated heterocycles. The molecule has 0 aliphatic rings. The van der Waals surface area contributed by atoms with Gasteiger partial charge >= 0.3 is 0 Å². The number of rotatable bonds is 5. The molecule has 0 saturated carbocycles. The Bertz CT molecular complexity index is 1310. The predicted octanol–water partition coefficient (Wildman–Crippen LogP) is 7.84. The van der Waals surface area contributed by atoms with Gasteiger partial charge in [0.25, 0.3) is 0 Å². The summed E-state index contributed by atoms with van der Waals surface area (Å²) in [6.45, 7) is 4.26. The van der Waals surface area contributed by atoms with Crippen molar-refractivity contribution in [1.82, 2.24) is 0 Å². The summed E-state index contributed by atoms with van der Waals surface area (Å²) in [6, 6.07) is 29.4. The van der Waals surface area contributed by atoms with E-state index >= 15 is 0 Å². The fourth-order valence-corrected chi connectivity index (χ4v) is 3.86. The molecular weight excluding hydrogens is 368 g/mol. The predicted molar refractivity (Wildman–Crippen MR) is 124 cm³/mol. The van der Waals surface area contributed by atoms with E-state index in [2.05, 4.69) is 74.5 Å². The van der Waals surface area contributed by atoms with Crippen LogP contribution in [0.1, 0.15) is 29.2 Å². The van der Waals surface area contributed by atoms with Gasteiger partial charge in [0, 0.05) is 10.8 Å². The molecule has 0 radical (unpaired) electrons. The maximum Gasteiger partial charge on any atom is 0.135 e. The molecule has 148 valence electrons. The van der Waals surface area contributed by atoms with Gasteiger partial charge in [0.15, 0.2) is 0 Å². The van der Waals surface area contributed by atoms with Crippen molar-refractivity contribution in [3.05, 3.63) is 107 Å². The molecule has 0 aliphatic heterocycles. The largest absolute Gasteiger partial charge is 0.457 e. The van der Waals surface area contributed by atoms with Crippen molar-refractivity contribution in [2.75, 3.05) is 0 Å². The molecule has 0 unspecified atom stereocenters. The minimum absolute atomic E-state index is 0.853. The van der Waals surface area contributed by atoms with Crippen molar-refractivity contribution in [2.24, 2.45) is 0 Å². The van der Waals surface area contributed by atoms with Crippen LogP contribution >= 0.6 is 0 Å². The van der Waals surface area contributed by atoms with E-state index in [1.54, 1.807) is 0 Å². The lowest BCUT2D eigenvalue weighted by Crippen LogP contribution is -1.89. The number of benzene rings is 4. The van der Waals surface area contributed by atoms with Crippen molar-refractivity contribution < 1.29 is 9.15 Å². The number of ether oxygens (including phenoxy) is 1. The Kier molecular flexibility index (Phi) is 4.76. The fourth-order valence-electron chi connectivity index (χ4n) is 3.86. The third-order valence-corrected chi connectivity index (χ3v) is 5.59. The SMILES string of the molecule is CCc1ccc2oc3ccc(Cc4ccc(Oc5ccc(C)cc5)cc4)cc3c2c1. The molecule has 0 fully saturated rings. The quantitative estimate of drug-likeness (QED) is 0.304. The lowest BCUT2D eigenvalue weighted by Gasteiger charge is -2.07. The van der Waals surface area contributed by atoms with Gasteiger partial charge in [-0.25, -0.2) is 0 Å². The van der Waals surface area contributed by atoms with Crippen LogP contribution in [0, 0.1) is 6.92 Å². The summed E-state index contributed by atoms with van der Waals surface area (Å²) in [5.74, 6) is 1.71. The minimum Gasteiger partial charge on any atom is -0.457 e. The molecule has 30 heavy (non-hydrogen) atoms. The molecule has 0 spiro atoms. The fraction of sp³-hybridized carbons (Fsp3) is 0.143. The number of furan rings is 1. The first-order chi connectivity index (χ1) is 14.7. The van der Waals surface area contributed by atoms with Gasteiger partial charge in [-0.3, -0.25) is 0 Å². The molecule has 0 amide bonds. The normalized spacial score (nSPS) is 11.3. The Hall–Kier alpha value is -3.52. The van der Waals surface area contributed by atoms with E-state index in [1.807, 2.05) is 24.3 Å². The van der Waals surface area contributed by atoms with E-state index in [1.165, 1.54) is 33.0 Å². The lowest BCUT2D eigenvalue weighted by molar-refractivity contribution is 0.482. The van der Waals surface area contributed by atoms with E-state index in [-0.39, 0.29) is 0 Å². The van der Waals surface area contributed by atoms with Crippen molar-refractivity contribution in [2.45, 2.75) is 26.7 Å². The van der Waals surface area contributed by atoms with Crippen LogP contribution in [0.2, 0.25) is 0 Å². The second-order valence-electron chi connectivity index (χ2n) is 7.85. The smallest absolute Gasteiger partial charge is 0.135 e. The molecule has 4 aromatic carbocycles. The second-order valence-corrected chi connectivity index (χ2v) is 7.85. The van der Waals surface area contributed by atoms with Gasteiger partial charge in [-0.2, -0.15) is 0 Å². The van der Waals surface area contributed by atoms with Crippen LogP contribution in [0.25, 0.3) is 21.9 Å². The standard InChI is InChI=1S/C28H24O2/c1-3-20-8-14-27-25(17-20)26-18-22(9-15-28(26)30-27)16-21-6-12-24(13-7-21)29-23-10-4-19(2)5-11-23/h4-15,17-18H,3,16H2,1-2H3. The molecule has 2 nitrogen and oxygen atoms in total. The van der Waals surface area contributed by atoms with Gasteiger partial charge in [0.05, 0.1) is 0 Å². The number of hydrogen-bond acceptors (Lipinski definition) is 2. The first-order valence-electron chi connectivity index (χ1n) is 10.5. The average molecular weight is 392 g/mol. The highest BCUT2D eigenvalue weighted by atomic mass is 16.5. The molecule has 0 atom stereocenters. The minimum atomic E-state index is 0.853.